The van der Waals surface area contributed by atoms with Crippen molar-refractivity contribution < 1.29 is 18.0 Å². The van der Waals surface area contributed by atoms with Crippen LogP contribution in [-0.2, 0) is 18.1 Å². The van der Waals surface area contributed by atoms with E-state index in [1.54, 1.807) is 0 Å². The minimum absolute atomic E-state index is 0.0513. The van der Waals surface area contributed by atoms with Crippen LogP contribution < -0.4 is 10.1 Å². The molecule has 0 bridgehead atoms. The van der Waals surface area contributed by atoms with Gasteiger partial charge in [0.15, 0.2) is 4.80 Å². The van der Waals surface area contributed by atoms with Gasteiger partial charge in [0.2, 0.25) is 0 Å². The molecular weight excluding hydrogens is 423 g/mol. The molecule has 2 aromatic rings. The lowest BCUT2D eigenvalue weighted by atomic mass is 9.93. The Morgan fingerprint density at radius 1 is 1.26 bits per heavy atom. The Kier molecular flexibility index (Phi) is 6.69. The van der Waals surface area contributed by atoms with E-state index < -0.39 is 17.6 Å². The van der Waals surface area contributed by atoms with Crippen molar-refractivity contribution >= 4 is 22.9 Å². The zero-order valence-corrected chi connectivity index (χ0v) is 19.5. The number of alkyl halides is 3. The Balaban J connectivity index is 2.10. The number of nitrogens with one attached hydrogen (secondary N) is 1. The second-order valence-corrected chi connectivity index (χ2v) is 10.2. The molecule has 8 heteroatoms. The van der Waals surface area contributed by atoms with E-state index >= 15 is 0 Å². The first-order valence-electron chi connectivity index (χ1n) is 10.7. The molecule has 1 N–H and O–H groups in total. The highest BCUT2D eigenvalue weighted by Gasteiger charge is 2.32. The fourth-order valence-corrected chi connectivity index (χ4v) is 4.69. The van der Waals surface area contributed by atoms with E-state index in [9.17, 15) is 18.0 Å². The molecule has 1 aromatic heterocycles. The molecule has 1 heterocycles. The number of rotatable bonds is 6. The van der Waals surface area contributed by atoms with Crippen LogP contribution in [0.15, 0.2) is 23.2 Å². The Morgan fingerprint density at radius 2 is 1.94 bits per heavy atom. The summed E-state index contributed by atoms with van der Waals surface area (Å²) in [6.45, 7) is 11.6. The van der Waals surface area contributed by atoms with E-state index in [0.29, 0.717) is 23.0 Å². The number of hydrogen-bond donors (Lipinski definition) is 1. The lowest BCUT2D eigenvalue weighted by Crippen LogP contribution is -2.20. The molecule has 0 atom stereocenters. The van der Waals surface area contributed by atoms with Crippen molar-refractivity contribution in [2.45, 2.75) is 72.0 Å². The first-order valence-corrected chi connectivity index (χ1v) is 11.5. The van der Waals surface area contributed by atoms with Crippen molar-refractivity contribution in [1.82, 2.24) is 4.57 Å². The van der Waals surface area contributed by atoms with Gasteiger partial charge >= 0.3 is 6.18 Å². The standard InChI is InChI=1S/C23H30F3N3OS/c1-6-11-27-18-10-9-16(23(24,25)26)12-17(18)20(30)28-21-29(13-15-7-8-15)14(2)19(31-21)22(3,4)5/h9-10,12,15,27H,6-8,11,13H2,1-5H3. The molecule has 0 radical (unpaired) electrons. The van der Waals surface area contributed by atoms with Gasteiger partial charge in [0.25, 0.3) is 5.91 Å². The van der Waals surface area contributed by atoms with Crippen LogP contribution in [-0.4, -0.2) is 17.0 Å². The van der Waals surface area contributed by atoms with E-state index in [1.165, 1.54) is 17.4 Å². The van der Waals surface area contributed by atoms with E-state index in [-0.39, 0.29) is 11.0 Å². The zero-order valence-electron chi connectivity index (χ0n) is 18.7. The van der Waals surface area contributed by atoms with E-state index in [4.69, 9.17) is 0 Å². The second kappa shape index (κ2) is 8.81. The average molecular weight is 454 g/mol. The molecule has 170 valence electrons. The van der Waals surface area contributed by atoms with Crippen LogP contribution in [0, 0.1) is 12.8 Å². The smallest absolute Gasteiger partial charge is 0.384 e. The minimum Gasteiger partial charge on any atom is -0.384 e. The zero-order chi connectivity index (χ0) is 23.0. The Hall–Kier alpha value is -2.09. The maximum Gasteiger partial charge on any atom is 0.416 e. The summed E-state index contributed by atoms with van der Waals surface area (Å²) in [6, 6.07) is 3.22. The highest BCUT2D eigenvalue weighted by atomic mass is 32.1. The molecule has 1 aliphatic carbocycles. The molecule has 4 nitrogen and oxygen atoms in total. The molecule has 1 aromatic carbocycles. The first-order chi connectivity index (χ1) is 14.4. The monoisotopic (exact) mass is 453 g/mol. The highest BCUT2D eigenvalue weighted by molar-refractivity contribution is 7.09. The van der Waals surface area contributed by atoms with E-state index in [0.717, 1.165) is 48.5 Å². The predicted molar refractivity (Wildman–Crippen MR) is 119 cm³/mol. The number of anilines is 1. The Labute approximate surface area is 185 Å². The largest absolute Gasteiger partial charge is 0.416 e. The third-order valence-electron chi connectivity index (χ3n) is 5.32. The summed E-state index contributed by atoms with van der Waals surface area (Å²) in [7, 11) is 0. The van der Waals surface area contributed by atoms with Gasteiger partial charge in [0.1, 0.15) is 0 Å². The van der Waals surface area contributed by atoms with Crippen molar-refractivity contribution in [2.75, 3.05) is 11.9 Å². The molecule has 0 saturated heterocycles. The first kappa shape index (κ1) is 23.6. The van der Waals surface area contributed by atoms with Crippen molar-refractivity contribution in [3.8, 4) is 0 Å². The van der Waals surface area contributed by atoms with Crippen LogP contribution in [0.3, 0.4) is 0 Å². The van der Waals surface area contributed by atoms with Gasteiger partial charge < -0.3 is 9.88 Å². The number of carbonyl (C=O) groups excluding carboxylic acids is 1. The molecule has 1 fully saturated rings. The summed E-state index contributed by atoms with van der Waals surface area (Å²) >= 11 is 1.45. The number of carbonyl (C=O) groups is 1. The van der Waals surface area contributed by atoms with Gasteiger partial charge in [0.05, 0.1) is 11.1 Å². The fourth-order valence-electron chi connectivity index (χ4n) is 3.50. The number of amides is 1. The molecule has 0 aliphatic heterocycles. The van der Waals surface area contributed by atoms with Crippen molar-refractivity contribution in [3.63, 3.8) is 0 Å². The molecule has 0 unspecified atom stereocenters. The van der Waals surface area contributed by atoms with E-state index in [2.05, 4.69) is 35.6 Å². The SMILES string of the molecule is CCCNc1ccc(C(F)(F)F)cc1C(=O)N=c1sc(C(C)(C)C)c(C)n1CC1CC1. The van der Waals surface area contributed by atoms with Crippen LogP contribution >= 0.6 is 11.3 Å². The van der Waals surface area contributed by atoms with Crippen LogP contribution in [0.4, 0.5) is 18.9 Å². The van der Waals surface area contributed by atoms with Gasteiger partial charge in [-0.05, 0) is 55.7 Å². The summed E-state index contributed by atoms with van der Waals surface area (Å²) in [4.78, 5) is 19.1. The van der Waals surface area contributed by atoms with Crippen LogP contribution in [0.5, 0.6) is 0 Å². The summed E-state index contributed by atoms with van der Waals surface area (Å²) in [6.07, 6.45) is -1.44. The van der Waals surface area contributed by atoms with Crippen LogP contribution in [0.1, 0.15) is 73.4 Å². The van der Waals surface area contributed by atoms with Gasteiger partial charge in [-0.3, -0.25) is 4.79 Å². The number of nitrogens with zero attached hydrogens (tertiary/aromatic N) is 2. The highest BCUT2D eigenvalue weighted by Crippen LogP contribution is 2.34. The summed E-state index contributed by atoms with van der Waals surface area (Å²) in [5.41, 5.74) is 0.438. The van der Waals surface area contributed by atoms with Crippen molar-refractivity contribution in [1.29, 1.82) is 0 Å². The maximum absolute atomic E-state index is 13.3. The summed E-state index contributed by atoms with van der Waals surface area (Å²) in [5, 5.41) is 3.05. The number of halogens is 3. The number of aromatic nitrogens is 1. The molecule has 1 amide bonds. The Bertz CT molecular complexity index is 1020. The van der Waals surface area contributed by atoms with E-state index in [1.807, 2.05) is 13.8 Å². The Morgan fingerprint density at radius 3 is 2.48 bits per heavy atom. The number of hydrogen-bond acceptors (Lipinski definition) is 3. The van der Waals surface area contributed by atoms with Crippen molar-refractivity contribution in [3.05, 3.63) is 44.7 Å². The molecule has 1 aliphatic rings. The molecule has 3 rings (SSSR count). The number of benzene rings is 1. The molecular formula is C23H30F3N3OS. The van der Waals surface area contributed by atoms with Gasteiger partial charge in [-0.1, -0.05) is 27.7 Å². The second-order valence-electron chi connectivity index (χ2n) is 9.21. The van der Waals surface area contributed by atoms with Gasteiger partial charge in [-0.2, -0.15) is 18.2 Å². The number of thiazole rings is 1. The van der Waals surface area contributed by atoms with Gasteiger partial charge in [-0.25, -0.2) is 0 Å². The molecule has 31 heavy (non-hydrogen) atoms. The topological polar surface area (TPSA) is 46.4 Å². The van der Waals surface area contributed by atoms with Crippen LogP contribution in [0.25, 0.3) is 0 Å². The summed E-state index contributed by atoms with van der Waals surface area (Å²) in [5.74, 6) is -0.0820. The predicted octanol–water partition coefficient (Wildman–Crippen LogP) is 6.15. The van der Waals surface area contributed by atoms with Crippen LogP contribution in [0.2, 0.25) is 0 Å². The quantitative estimate of drug-likeness (QED) is 0.570. The van der Waals surface area contributed by atoms with Gasteiger partial charge in [-0.15, -0.1) is 11.3 Å². The van der Waals surface area contributed by atoms with Crippen molar-refractivity contribution in [2.24, 2.45) is 10.9 Å². The van der Waals surface area contributed by atoms with Gasteiger partial charge in [0, 0.05) is 29.3 Å². The fraction of sp³-hybridized carbons (Fsp3) is 0.565. The average Bonchev–Trinajstić information content (AvgIpc) is 3.44. The lowest BCUT2D eigenvalue weighted by molar-refractivity contribution is -0.137. The molecule has 0 spiro atoms. The lowest BCUT2D eigenvalue weighted by Gasteiger charge is -2.17. The third-order valence-corrected chi connectivity index (χ3v) is 6.92. The maximum atomic E-state index is 13.3. The molecule has 1 saturated carbocycles. The summed E-state index contributed by atoms with van der Waals surface area (Å²) < 4.78 is 41.9. The normalized spacial score (nSPS) is 15.4. The third kappa shape index (κ3) is 5.59. The minimum atomic E-state index is -4.52.